The first-order valence-corrected chi connectivity index (χ1v) is 7.95. The number of nitrogens with one attached hydrogen (secondary N) is 2. The summed E-state index contributed by atoms with van der Waals surface area (Å²) >= 11 is 0. The number of fused-ring (bicyclic) bond motifs is 2. The maximum Gasteiger partial charge on any atom is 0.221 e. The van der Waals surface area contributed by atoms with E-state index in [1.165, 1.54) is 19.3 Å². The van der Waals surface area contributed by atoms with Gasteiger partial charge in [0.2, 0.25) is 5.91 Å². The van der Waals surface area contributed by atoms with Crippen molar-refractivity contribution in [1.29, 1.82) is 0 Å². The molecule has 1 amide bonds. The molecule has 3 atom stereocenters. The molecule has 0 aliphatic heterocycles. The van der Waals surface area contributed by atoms with Crippen LogP contribution >= 0.6 is 0 Å². The predicted molar refractivity (Wildman–Crippen MR) is 87.4 cm³/mol. The molecule has 0 aromatic heterocycles. The van der Waals surface area contributed by atoms with Gasteiger partial charge >= 0.3 is 0 Å². The molecule has 3 heteroatoms. The molecule has 2 aliphatic rings. The smallest absolute Gasteiger partial charge is 0.221 e. The molecule has 3 rings (SSSR count). The van der Waals surface area contributed by atoms with Crippen molar-refractivity contribution in [2.45, 2.75) is 53.0 Å². The van der Waals surface area contributed by atoms with Gasteiger partial charge in [-0.25, -0.2) is 0 Å². The van der Waals surface area contributed by atoms with Crippen LogP contribution in [0, 0.1) is 16.7 Å². The highest BCUT2D eigenvalue weighted by atomic mass is 16.1. The fourth-order valence-corrected chi connectivity index (χ4v) is 4.72. The van der Waals surface area contributed by atoms with Gasteiger partial charge in [0, 0.05) is 24.3 Å². The van der Waals surface area contributed by atoms with Crippen LogP contribution in [0.1, 0.15) is 47.0 Å². The van der Waals surface area contributed by atoms with Crippen molar-refractivity contribution in [3.63, 3.8) is 0 Å². The third-order valence-electron chi connectivity index (χ3n) is 5.76. The topological polar surface area (TPSA) is 41.1 Å². The largest absolute Gasteiger partial charge is 0.381 e. The van der Waals surface area contributed by atoms with Crippen LogP contribution in [0.4, 0.5) is 11.4 Å². The van der Waals surface area contributed by atoms with Gasteiger partial charge in [0.05, 0.1) is 0 Å². The monoisotopic (exact) mass is 286 g/mol. The summed E-state index contributed by atoms with van der Waals surface area (Å²) in [4.78, 5) is 11.2. The minimum Gasteiger partial charge on any atom is -0.381 e. The molecule has 0 spiro atoms. The van der Waals surface area contributed by atoms with Crippen LogP contribution in [-0.4, -0.2) is 11.9 Å². The Hall–Kier alpha value is -1.51. The molecule has 3 unspecified atom stereocenters. The second-order valence-electron chi connectivity index (χ2n) is 7.75. The number of hydrogen-bond acceptors (Lipinski definition) is 2. The lowest BCUT2D eigenvalue weighted by Gasteiger charge is -2.43. The minimum atomic E-state index is -0.0284. The first-order chi connectivity index (χ1) is 9.81. The Kier molecular flexibility index (Phi) is 3.27. The third kappa shape index (κ3) is 2.43. The summed E-state index contributed by atoms with van der Waals surface area (Å²) in [7, 11) is 0. The summed E-state index contributed by atoms with van der Waals surface area (Å²) < 4.78 is 0. The van der Waals surface area contributed by atoms with Crippen LogP contribution in [0.5, 0.6) is 0 Å². The zero-order valence-corrected chi connectivity index (χ0v) is 13.5. The van der Waals surface area contributed by atoms with Crippen LogP contribution in [0.15, 0.2) is 24.3 Å². The fourth-order valence-electron chi connectivity index (χ4n) is 4.72. The Balaban J connectivity index is 1.82. The molecular weight excluding hydrogens is 260 g/mol. The summed E-state index contributed by atoms with van der Waals surface area (Å²) in [5, 5.41) is 6.62. The third-order valence-corrected chi connectivity index (χ3v) is 5.76. The van der Waals surface area contributed by atoms with Crippen LogP contribution in [0.3, 0.4) is 0 Å². The van der Waals surface area contributed by atoms with E-state index < -0.39 is 0 Å². The van der Waals surface area contributed by atoms with E-state index in [-0.39, 0.29) is 5.91 Å². The van der Waals surface area contributed by atoms with Crippen LogP contribution in [0.25, 0.3) is 0 Å². The van der Waals surface area contributed by atoms with Gasteiger partial charge in [0.25, 0.3) is 0 Å². The number of amides is 1. The van der Waals surface area contributed by atoms with Crippen LogP contribution < -0.4 is 10.6 Å². The summed E-state index contributed by atoms with van der Waals surface area (Å²) in [5.74, 6) is 0.804. The molecule has 21 heavy (non-hydrogen) atoms. The summed E-state index contributed by atoms with van der Waals surface area (Å²) in [6.07, 6.45) is 4.03. The predicted octanol–water partition coefficient (Wildman–Crippen LogP) is 4.27. The molecule has 0 saturated heterocycles. The molecule has 2 aliphatic carbocycles. The lowest BCUT2D eigenvalue weighted by atomic mass is 9.68. The first kappa shape index (κ1) is 14.4. The van der Waals surface area contributed by atoms with Gasteiger partial charge in [-0.2, -0.15) is 0 Å². The fraction of sp³-hybridized carbons (Fsp3) is 0.611. The molecule has 2 fully saturated rings. The molecule has 2 bridgehead atoms. The van der Waals surface area contributed by atoms with E-state index in [0.717, 1.165) is 17.3 Å². The zero-order valence-electron chi connectivity index (χ0n) is 13.5. The molecule has 2 saturated carbocycles. The Morgan fingerprint density at radius 1 is 1.24 bits per heavy atom. The molecule has 1 aromatic carbocycles. The highest BCUT2D eigenvalue weighted by molar-refractivity contribution is 5.89. The summed E-state index contributed by atoms with van der Waals surface area (Å²) in [5.41, 5.74) is 2.70. The molecule has 0 heterocycles. The molecule has 2 N–H and O–H groups in total. The van der Waals surface area contributed by atoms with E-state index in [9.17, 15) is 4.79 Å². The van der Waals surface area contributed by atoms with Crippen LogP contribution in [-0.2, 0) is 4.79 Å². The molecule has 114 valence electrons. The normalized spacial score (nSPS) is 33.0. The summed E-state index contributed by atoms with van der Waals surface area (Å²) in [6, 6.07) is 8.55. The van der Waals surface area contributed by atoms with Crippen molar-refractivity contribution >= 4 is 17.3 Å². The molecule has 3 nitrogen and oxygen atoms in total. The van der Waals surface area contributed by atoms with E-state index in [0.29, 0.717) is 16.9 Å². The number of anilines is 2. The van der Waals surface area contributed by atoms with Gasteiger partial charge in [-0.05, 0) is 54.2 Å². The quantitative estimate of drug-likeness (QED) is 0.871. The highest BCUT2D eigenvalue weighted by Crippen LogP contribution is 2.63. The lowest BCUT2D eigenvalue weighted by Crippen LogP contribution is -2.45. The number of carbonyl (C=O) groups excluding carboxylic acids is 1. The van der Waals surface area contributed by atoms with Crippen molar-refractivity contribution in [2.24, 2.45) is 16.7 Å². The molecular formula is C18H26N2O. The van der Waals surface area contributed by atoms with Gasteiger partial charge in [-0.1, -0.05) is 26.8 Å². The maximum absolute atomic E-state index is 11.2. The van der Waals surface area contributed by atoms with E-state index in [1.54, 1.807) is 6.92 Å². The number of hydrogen-bond donors (Lipinski definition) is 2. The van der Waals surface area contributed by atoms with Gasteiger partial charge in [-0.3, -0.25) is 4.79 Å². The summed E-state index contributed by atoms with van der Waals surface area (Å²) in [6.45, 7) is 8.77. The van der Waals surface area contributed by atoms with Crippen molar-refractivity contribution in [2.75, 3.05) is 10.6 Å². The van der Waals surface area contributed by atoms with Crippen molar-refractivity contribution in [3.8, 4) is 0 Å². The Bertz CT molecular complexity index is 561. The number of rotatable bonds is 3. The van der Waals surface area contributed by atoms with Gasteiger partial charge in [0.15, 0.2) is 0 Å². The van der Waals surface area contributed by atoms with E-state index in [2.05, 4.69) is 37.5 Å². The average Bonchev–Trinajstić information content (AvgIpc) is 2.86. The first-order valence-electron chi connectivity index (χ1n) is 7.95. The van der Waals surface area contributed by atoms with E-state index in [4.69, 9.17) is 0 Å². The minimum absolute atomic E-state index is 0.0284. The Morgan fingerprint density at radius 2 is 1.95 bits per heavy atom. The Labute approximate surface area is 127 Å². The van der Waals surface area contributed by atoms with Gasteiger partial charge in [0.1, 0.15) is 0 Å². The lowest BCUT2D eigenvalue weighted by molar-refractivity contribution is -0.114. The molecule has 1 aromatic rings. The van der Waals surface area contributed by atoms with Gasteiger partial charge < -0.3 is 10.6 Å². The maximum atomic E-state index is 11.2. The van der Waals surface area contributed by atoms with Crippen molar-refractivity contribution in [1.82, 2.24) is 0 Å². The van der Waals surface area contributed by atoms with Gasteiger partial charge in [-0.15, -0.1) is 0 Å². The van der Waals surface area contributed by atoms with E-state index >= 15 is 0 Å². The SMILES string of the molecule is CC(=O)Nc1cccc(NC2C3(C)CCC(C3)C2(C)C)c1. The number of benzene rings is 1. The second kappa shape index (κ2) is 4.75. The second-order valence-corrected chi connectivity index (χ2v) is 7.75. The standard InChI is InChI=1S/C18H26N2O/c1-12(21)19-14-6-5-7-15(10-14)20-16-17(2,3)13-8-9-18(16,4)11-13/h5-7,10,13,16,20H,8-9,11H2,1-4H3,(H,19,21). The van der Waals surface area contributed by atoms with Crippen LogP contribution in [0.2, 0.25) is 0 Å². The highest BCUT2D eigenvalue weighted by Gasteiger charge is 2.59. The average molecular weight is 286 g/mol. The Morgan fingerprint density at radius 3 is 2.57 bits per heavy atom. The van der Waals surface area contributed by atoms with E-state index in [1.807, 2.05) is 18.2 Å². The van der Waals surface area contributed by atoms with Crippen molar-refractivity contribution in [3.05, 3.63) is 24.3 Å². The number of carbonyl (C=O) groups is 1. The van der Waals surface area contributed by atoms with Crippen molar-refractivity contribution < 1.29 is 4.79 Å². The molecule has 0 radical (unpaired) electrons. The zero-order chi connectivity index (χ0) is 15.3.